The Balaban J connectivity index is 1.38. The van der Waals surface area contributed by atoms with Gasteiger partial charge in [-0.15, -0.1) is 0 Å². The van der Waals surface area contributed by atoms with Gasteiger partial charge in [0.15, 0.2) is 5.76 Å². The van der Waals surface area contributed by atoms with Crippen molar-refractivity contribution in [2.24, 2.45) is 0 Å². The van der Waals surface area contributed by atoms with Crippen molar-refractivity contribution < 1.29 is 17.7 Å². The summed E-state index contributed by atoms with van der Waals surface area (Å²) in [6, 6.07) is 7.09. The van der Waals surface area contributed by atoms with Gasteiger partial charge in [-0.05, 0) is 29.8 Å². The van der Waals surface area contributed by atoms with E-state index in [0.717, 1.165) is 6.07 Å². The zero-order valence-corrected chi connectivity index (χ0v) is 12.1. The quantitative estimate of drug-likeness (QED) is 0.739. The Labute approximate surface area is 130 Å². The normalized spacial score (nSPS) is 15.7. The van der Waals surface area contributed by atoms with Gasteiger partial charge in [-0.1, -0.05) is 5.16 Å². The summed E-state index contributed by atoms with van der Waals surface area (Å²) >= 11 is 0. The molecule has 1 aliphatic rings. The second kappa shape index (κ2) is 5.58. The number of hydrogen-bond donors (Lipinski definition) is 0. The van der Waals surface area contributed by atoms with Crippen LogP contribution in [0.3, 0.4) is 0 Å². The van der Waals surface area contributed by atoms with Crippen molar-refractivity contribution in [3.8, 4) is 11.6 Å². The number of halogens is 2. The smallest absolute Gasteiger partial charge is 0.238 e. The monoisotopic (exact) mass is 317 g/mol. The van der Waals surface area contributed by atoms with Gasteiger partial charge in [-0.3, -0.25) is 4.90 Å². The van der Waals surface area contributed by atoms with E-state index in [1.807, 2.05) is 0 Å². The van der Waals surface area contributed by atoms with E-state index in [9.17, 15) is 8.78 Å². The van der Waals surface area contributed by atoms with Crippen molar-refractivity contribution in [3.05, 3.63) is 59.7 Å². The summed E-state index contributed by atoms with van der Waals surface area (Å²) < 4.78 is 36.8. The van der Waals surface area contributed by atoms with Crippen LogP contribution in [0.5, 0.6) is 0 Å². The molecule has 0 atom stereocenters. The van der Waals surface area contributed by atoms with Crippen LogP contribution in [0.15, 0.2) is 45.5 Å². The zero-order valence-electron chi connectivity index (χ0n) is 12.1. The van der Waals surface area contributed by atoms with Gasteiger partial charge in [-0.25, -0.2) is 8.78 Å². The molecule has 0 saturated carbocycles. The first-order valence-electron chi connectivity index (χ1n) is 7.22. The highest BCUT2D eigenvalue weighted by Gasteiger charge is 2.32. The minimum Gasteiger partial charge on any atom is -0.461 e. The maximum Gasteiger partial charge on any atom is 0.238 e. The van der Waals surface area contributed by atoms with Crippen LogP contribution in [0.4, 0.5) is 8.78 Å². The van der Waals surface area contributed by atoms with E-state index in [4.69, 9.17) is 8.94 Å². The molecule has 0 radical (unpaired) electrons. The number of benzene rings is 1. The molecular formula is C16H13F2N3O2. The Morgan fingerprint density at radius 1 is 1.17 bits per heavy atom. The molecule has 0 N–H and O–H groups in total. The van der Waals surface area contributed by atoms with E-state index in [2.05, 4.69) is 15.0 Å². The molecule has 0 spiro atoms. The van der Waals surface area contributed by atoms with E-state index in [-0.39, 0.29) is 5.92 Å². The maximum absolute atomic E-state index is 13.2. The van der Waals surface area contributed by atoms with E-state index in [1.165, 1.54) is 12.1 Å². The van der Waals surface area contributed by atoms with Crippen molar-refractivity contribution >= 4 is 0 Å². The highest BCUT2D eigenvalue weighted by Crippen LogP contribution is 2.29. The van der Waals surface area contributed by atoms with Crippen molar-refractivity contribution in [2.75, 3.05) is 13.1 Å². The van der Waals surface area contributed by atoms with Gasteiger partial charge < -0.3 is 8.94 Å². The number of likely N-dealkylation sites (tertiary alicyclic amines) is 1. The number of aromatic nitrogens is 2. The van der Waals surface area contributed by atoms with E-state index in [0.29, 0.717) is 42.7 Å². The summed E-state index contributed by atoms with van der Waals surface area (Å²) in [6.45, 7) is 1.90. The van der Waals surface area contributed by atoms with Gasteiger partial charge in [-0.2, -0.15) is 4.98 Å². The topological polar surface area (TPSA) is 55.3 Å². The second-order valence-electron chi connectivity index (χ2n) is 5.60. The highest BCUT2D eigenvalue weighted by atomic mass is 19.1. The van der Waals surface area contributed by atoms with Gasteiger partial charge in [0, 0.05) is 25.7 Å². The standard InChI is InChI=1S/C16H13F2N3O2/c17-12-4-10(5-13(18)6-12)7-21-8-11(9-21)16-19-15(20-23-16)14-2-1-3-22-14/h1-6,11H,7-9H2. The molecule has 3 aromatic rings. The van der Waals surface area contributed by atoms with Crippen LogP contribution in [-0.4, -0.2) is 28.1 Å². The minimum absolute atomic E-state index is 0.129. The van der Waals surface area contributed by atoms with Gasteiger partial charge in [0.1, 0.15) is 11.6 Å². The maximum atomic E-state index is 13.2. The van der Waals surface area contributed by atoms with Crippen LogP contribution in [0.1, 0.15) is 17.4 Å². The van der Waals surface area contributed by atoms with Crippen LogP contribution in [0, 0.1) is 11.6 Å². The fourth-order valence-electron chi connectivity index (χ4n) is 2.72. The fraction of sp³-hybridized carbons (Fsp3) is 0.250. The van der Waals surface area contributed by atoms with Crippen molar-refractivity contribution in [3.63, 3.8) is 0 Å². The lowest BCUT2D eigenvalue weighted by molar-refractivity contribution is 0.117. The molecular weight excluding hydrogens is 304 g/mol. The van der Waals surface area contributed by atoms with Crippen LogP contribution in [0.2, 0.25) is 0 Å². The molecule has 0 unspecified atom stereocenters. The Morgan fingerprint density at radius 2 is 1.96 bits per heavy atom. The molecule has 7 heteroatoms. The van der Waals surface area contributed by atoms with Crippen LogP contribution < -0.4 is 0 Å². The number of hydrogen-bond acceptors (Lipinski definition) is 5. The van der Waals surface area contributed by atoms with Crippen molar-refractivity contribution in [1.29, 1.82) is 0 Å². The Kier molecular flexibility index (Phi) is 3.42. The Morgan fingerprint density at radius 3 is 2.65 bits per heavy atom. The third kappa shape index (κ3) is 2.87. The Bertz CT molecular complexity index is 790. The lowest BCUT2D eigenvalue weighted by Crippen LogP contribution is -2.44. The van der Waals surface area contributed by atoms with Crippen molar-refractivity contribution in [2.45, 2.75) is 12.5 Å². The molecule has 0 bridgehead atoms. The molecule has 2 aromatic heterocycles. The Hall–Kier alpha value is -2.54. The predicted molar refractivity (Wildman–Crippen MR) is 76.4 cm³/mol. The molecule has 1 saturated heterocycles. The molecule has 4 rings (SSSR count). The summed E-state index contributed by atoms with van der Waals surface area (Å²) in [5.74, 6) is 0.555. The number of rotatable bonds is 4. The lowest BCUT2D eigenvalue weighted by atomic mass is 9.99. The molecule has 0 aliphatic carbocycles. The fourth-order valence-corrected chi connectivity index (χ4v) is 2.72. The summed E-state index contributed by atoms with van der Waals surface area (Å²) in [7, 11) is 0. The van der Waals surface area contributed by atoms with Crippen LogP contribution >= 0.6 is 0 Å². The largest absolute Gasteiger partial charge is 0.461 e. The molecule has 3 heterocycles. The van der Waals surface area contributed by atoms with Gasteiger partial charge in [0.2, 0.25) is 11.7 Å². The zero-order chi connectivity index (χ0) is 15.8. The van der Waals surface area contributed by atoms with Gasteiger partial charge in [0.25, 0.3) is 0 Å². The molecule has 0 amide bonds. The first-order valence-corrected chi connectivity index (χ1v) is 7.22. The molecule has 1 fully saturated rings. The van der Waals surface area contributed by atoms with Crippen molar-refractivity contribution in [1.82, 2.24) is 15.0 Å². The third-order valence-corrected chi connectivity index (χ3v) is 3.82. The number of nitrogens with zero attached hydrogens (tertiary/aromatic N) is 3. The lowest BCUT2D eigenvalue weighted by Gasteiger charge is -2.37. The summed E-state index contributed by atoms with van der Waals surface area (Å²) in [5.41, 5.74) is 0.614. The van der Waals surface area contributed by atoms with Crippen LogP contribution in [0.25, 0.3) is 11.6 Å². The summed E-state index contributed by atoms with van der Waals surface area (Å²) in [4.78, 5) is 6.39. The first-order chi connectivity index (χ1) is 11.2. The predicted octanol–water partition coefficient (Wildman–Crippen LogP) is 3.21. The van der Waals surface area contributed by atoms with Gasteiger partial charge >= 0.3 is 0 Å². The highest BCUT2D eigenvalue weighted by molar-refractivity contribution is 5.44. The van der Waals surface area contributed by atoms with E-state index in [1.54, 1.807) is 18.4 Å². The minimum atomic E-state index is -0.558. The van der Waals surface area contributed by atoms with Crippen LogP contribution in [-0.2, 0) is 6.54 Å². The molecule has 5 nitrogen and oxygen atoms in total. The molecule has 23 heavy (non-hydrogen) atoms. The van der Waals surface area contributed by atoms with E-state index >= 15 is 0 Å². The average molecular weight is 317 g/mol. The molecule has 118 valence electrons. The first kappa shape index (κ1) is 14.1. The SMILES string of the molecule is Fc1cc(F)cc(CN2CC(c3nc(-c4ccco4)no3)C2)c1. The van der Waals surface area contributed by atoms with Gasteiger partial charge in [0.05, 0.1) is 12.2 Å². The molecule has 1 aromatic carbocycles. The molecule has 1 aliphatic heterocycles. The second-order valence-corrected chi connectivity index (χ2v) is 5.60. The third-order valence-electron chi connectivity index (χ3n) is 3.82. The summed E-state index contributed by atoms with van der Waals surface area (Å²) in [5, 5.41) is 3.90. The summed E-state index contributed by atoms with van der Waals surface area (Å²) in [6.07, 6.45) is 1.55. The van der Waals surface area contributed by atoms with E-state index < -0.39 is 11.6 Å². The average Bonchev–Trinajstić information content (AvgIpc) is 3.12. The number of furan rings is 1.